The van der Waals surface area contributed by atoms with Crippen molar-refractivity contribution >= 4 is 11.9 Å². The van der Waals surface area contributed by atoms with E-state index in [9.17, 15) is 9.59 Å². The molecule has 36 heavy (non-hydrogen) atoms. The molecule has 0 spiro atoms. The number of rotatable bonds is 28. The molecule has 0 radical (unpaired) electrons. The van der Waals surface area contributed by atoms with E-state index < -0.39 is 6.10 Å². The fourth-order valence-corrected chi connectivity index (χ4v) is 4.27. The molecular formula is C31H60O5. The van der Waals surface area contributed by atoms with E-state index in [4.69, 9.17) is 14.2 Å². The summed E-state index contributed by atoms with van der Waals surface area (Å²) in [5.41, 5.74) is 0. The zero-order valence-electron chi connectivity index (χ0n) is 24.3. The molecule has 0 saturated heterocycles. The summed E-state index contributed by atoms with van der Waals surface area (Å²) >= 11 is 0. The molecule has 0 heterocycles. The smallest absolute Gasteiger partial charge is 0.306 e. The van der Waals surface area contributed by atoms with Crippen LogP contribution in [0.1, 0.15) is 162 Å². The molecule has 0 aromatic heterocycles. The zero-order valence-corrected chi connectivity index (χ0v) is 24.3. The van der Waals surface area contributed by atoms with Gasteiger partial charge in [-0.3, -0.25) is 9.59 Å². The maximum atomic E-state index is 12.3. The average molecular weight is 513 g/mol. The first-order valence-electron chi connectivity index (χ1n) is 15.6. The Hall–Kier alpha value is -1.10. The molecule has 0 aliphatic heterocycles. The van der Waals surface area contributed by atoms with Gasteiger partial charge in [0.25, 0.3) is 0 Å². The van der Waals surface area contributed by atoms with Crippen molar-refractivity contribution in [1.29, 1.82) is 0 Å². The molecule has 5 nitrogen and oxygen atoms in total. The van der Waals surface area contributed by atoms with E-state index in [1.807, 2.05) is 0 Å². The third kappa shape index (κ3) is 26.0. The van der Waals surface area contributed by atoms with Gasteiger partial charge in [-0.15, -0.1) is 0 Å². The Morgan fingerprint density at radius 1 is 0.500 bits per heavy atom. The van der Waals surface area contributed by atoms with Crippen molar-refractivity contribution in [3.8, 4) is 0 Å². The molecule has 0 aliphatic rings. The van der Waals surface area contributed by atoms with Gasteiger partial charge < -0.3 is 14.2 Å². The van der Waals surface area contributed by atoms with Crippen LogP contribution < -0.4 is 0 Å². The molecule has 0 aromatic carbocycles. The Kier molecular flexibility index (Phi) is 27.6. The molecule has 0 saturated carbocycles. The van der Waals surface area contributed by atoms with Crippen LogP contribution in [0.25, 0.3) is 0 Å². The topological polar surface area (TPSA) is 61.8 Å². The maximum absolute atomic E-state index is 12.3. The Balaban J connectivity index is 4.16. The fraction of sp³-hybridized carbons (Fsp3) is 0.935. The number of carbonyl (C=O) groups excluding carboxylic acids is 2. The minimum absolute atomic E-state index is 0.0916. The molecule has 0 aromatic rings. The summed E-state index contributed by atoms with van der Waals surface area (Å²) in [5.74, 6) is -0.414. The Bertz CT molecular complexity index is 480. The molecule has 0 amide bonds. The second kappa shape index (κ2) is 28.5. The van der Waals surface area contributed by atoms with Gasteiger partial charge in [0.2, 0.25) is 0 Å². The monoisotopic (exact) mass is 512 g/mol. The van der Waals surface area contributed by atoms with Crippen molar-refractivity contribution in [2.24, 2.45) is 0 Å². The minimum atomic E-state index is -0.514. The fourth-order valence-electron chi connectivity index (χ4n) is 4.27. The molecule has 1 atom stereocenters. The quantitative estimate of drug-likeness (QED) is 0.0772. The van der Waals surface area contributed by atoms with Crippen LogP contribution in [0.5, 0.6) is 0 Å². The van der Waals surface area contributed by atoms with Gasteiger partial charge in [-0.25, -0.2) is 0 Å². The number of hydrogen-bond acceptors (Lipinski definition) is 5. The van der Waals surface area contributed by atoms with Crippen LogP contribution in [-0.2, 0) is 23.8 Å². The summed E-state index contributed by atoms with van der Waals surface area (Å²) in [6, 6.07) is 0. The first-order valence-corrected chi connectivity index (χ1v) is 15.6. The maximum Gasteiger partial charge on any atom is 0.306 e. The molecular weight excluding hydrogens is 452 g/mol. The predicted molar refractivity (Wildman–Crippen MR) is 150 cm³/mol. The van der Waals surface area contributed by atoms with Gasteiger partial charge in [0.1, 0.15) is 6.61 Å². The summed E-state index contributed by atoms with van der Waals surface area (Å²) in [5, 5.41) is 0. The molecule has 214 valence electrons. The third-order valence-electron chi connectivity index (χ3n) is 6.64. The average Bonchev–Trinajstić information content (AvgIpc) is 2.87. The molecule has 0 aliphatic carbocycles. The summed E-state index contributed by atoms with van der Waals surface area (Å²) in [6.45, 7) is 7.69. The predicted octanol–water partition coefficient (Wildman–Crippen LogP) is 9.10. The van der Waals surface area contributed by atoms with Crippen molar-refractivity contribution in [2.75, 3.05) is 19.8 Å². The second-order valence-corrected chi connectivity index (χ2v) is 10.4. The van der Waals surface area contributed by atoms with Crippen molar-refractivity contribution in [1.82, 2.24) is 0 Å². The van der Waals surface area contributed by atoms with E-state index in [0.29, 0.717) is 26.1 Å². The van der Waals surface area contributed by atoms with Crippen LogP contribution in [0.4, 0.5) is 0 Å². The van der Waals surface area contributed by atoms with Crippen LogP contribution in [0.2, 0.25) is 0 Å². The Morgan fingerprint density at radius 2 is 0.917 bits per heavy atom. The van der Waals surface area contributed by atoms with Gasteiger partial charge in [0.05, 0.1) is 6.61 Å². The van der Waals surface area contributed by atoms with Crippen molar-refractivity contribution in [3.05, 3.63) is 0 Å². The molecule has 0 bridgehead atoms. The lowest BCUT2D eigenvalue weighted by Crippen LogP contribution is -2.30. The number of carbonyl (C=O) groups is 2. The van der Waals surface area contributed by atoms with Gasteiger partial charge in [-0.2, -0.15) is 0 Å². The highest BCUT2D eigenvalue weighted by Gasteiger charge is 2.17. The van der Waals surface area contributed by atoms with Gasteiger partial charge >= 0.3 is 11.9 Å². The van der Waals surface area contributed by atoms with Crippen LogP contribution in [-0.4, -0.2) is 37.9 Å². The molecule has 0 N–H and O–H groups in total. The van der Waals surface area contributed by atoms with Crippen molar-refractivity contribution < 1.29 is 23.8 Å². The van der Waals surface area contributed by atoms with E-state index in [0.717, 1.165) is 38.5 Å². The van der Waals surface area contributed by atoms with Crippen LogP contribution in [0.15, 0.2) is 0 Å². The van der Waals surface area contributed by atoms with Crippen molar-refractivity contribution in [2.45, 2.75) is 168 Å². The van der Waals surface area contributed by atoms with Gasteiger partial charge in [-0.1, -0.05) is 130 Å². The summed E-state index contributed by atoms with van der Waals surface area (Å²) in [4.78, 5) is 24.5. The van der Waals surface area contributed by atoms with Crippen molar-refractivity contribution in [3.63, 3.8) is 0 Å². The van der Waals surface area contributed by atoms with E-state index >= 15 is 0 Å². The van der Waals surface area contributed by atoms with Gasteiger partial charge in [-0.05, 0) is 19.3 Å². The summed E-state index contributed by atoms with van der Waals surface area (Å²) in [6.07, 6.45) is 24.0. The lowest BCUT2D eigenvalue weighted by molar-refractivity contribution is -0.163. The summed E-state index contributed by atoms with van der Waals surface area (Å²) < 4.78 is 16.9. The van der Waals surface area contributed by atoms with Crippen LogP contribution >= 0.6 is 0 Å². The lowest BCUT2D eigenvalue weighted by Gasteiger charge is -2.18. The highest BCUT2D eigenvalue weighted by atomic mass is 16.6. The highest BCUT2D eigenvalue weighted by molar-refractivity contribution is 5.70. The largest absolute Gasteiger partial charge is 0.462 e. The standard InChI is InChI=1S/C31H60O5/c1-4-7-10-13-15-17-20-23-26-34-27-29(36-31(33)25-22-18-12-9-6-3)28-35-30(32)24-21-19-16-14-11-8-5-2/h29H,4-28H2,1-3H3. The van der Waals surface area contributed by atoms with E-state index in [1.54, 1.807) is 0 Å². The van der Waals surface area contributed by atoms with Crippen LogP contribution in [0, 0.1) is 0 Å². The second-order valence-electron chi connectivity index (χ2n) is 10.4. The lowest BCUT2D eigenvalue weighted by atomic mass is 10.1. The van der Waals surface area contributed by atoms with Gasteiger partial charge in [0.15, 0.2) is 6.10 Å². The SMILES string of the molecule is CCCCCCCCCCOCC(COC(=O)CCCCCCCCC)OC(=O)CCCCCCC. The first kappa shape index (κ1) is 34.9. The molecule has 5 heteroatoms. The number of ether oxygens (including phenoxy) is 3. The molecule has 0 fully saturated rings. The number of unbranched alkanes of at least 4 members (excludes halogenated alkanes) is 17. The highest BCUT2D eigenvalue weighted by Crippen LogP contribution is 2.11. The molecule has 0 rings (SSSR count). The summed E-state index contributed by atoms with van der Waals surface area (Å²) in [7, 11) is 0. The first-order chi connectivity index (χ1) is 17.6. The minimum Gasteiger partial charge on any atom is -0.462 e. The van der Waals surface area contributed by atoms with E-state index in [2.05, 4.69) is 20.8 Å². The number of esters is 2. The third-order valence-corrected chi connectivity index (χ3v) is 6.64. The van der Waals surface area contributed by atoms with Gasteiger partial charge in [0, 0.05) is 19.4 Å². The Labute approximate surface area is 223 Å². The number of hydrogen-bond donors (Lipinski definition) is 0. The van der Waals surface area contributed by atoms with E-state index in [1.165, 1.54) is 89.9 Å². The molecule has 1 unspecified atom stereocenters. The zero-order chi connectivity index (χ0) is 26.5. The van der Waals surface area contributed by atoms with Crippen LogP contribution in [0.3, 0.4) is 0 Å². The van der Waals surface area contributed by atoms with E-state index in [-0.39, 0.29) is 18.5 Å². The Morgan fingerprint density at radius 3 is 1.42 bits per heavy atom. The normalized spacial score (nSPS) is 12.0.